The van der Waals surface area contributed by atoms with Gasteiger partial charge in [0.2, 0.25) is 0 Å². The van der Waals surface area contributed by atoms with E-state index in [1.807, 2.05) is 31.4 Å². The average Bonchev–Trinajstić information content (AvgIpc) is 2.01. The summed E-state index contributed by atoms with van der Waals surface area (Å²) in [5.41, 5.74) is 0. The average molecular weight is 238 g/mol. The molecule has 0 aromatic rings. The third-order valence-electron chi connectivity index (χ3n) is 1.65. The molecule has 0 fully saturated rings. The van der Waals surface area contributed by atoms with Gasteiger partial charge in [-0.15, -0.1) is 0 Å². The Kier molecular flexibility index (Phi) is 10.4. The van der Waals surface area contributed by atoms with E-state index in [1.54, 1.807) is 0 Å². The fourth-order valence-electron chi connectivity index (χ4n) is 0.670. The van der Waals surface area contributed by atoms with Crippen molar-refractivity contribution in [2.24, 2.45) is 11.8 Å². The van der Waals surface area contributed by atoms with E-state index < -0.39 is 0 Å². The summed E-state index contributed by atoms with van der Waals surface area (Å²) in [6.45, 7) is 9.16. The van der Waals surface area contributed by atoms with Gasteiger partial charge in [-0.2, -0.15) is 0 Å². The molecule has 0 heterocycles. The van der Waals surface area contributed by atoms with E-state index in [0.717, 1.165) is 11.8 Å². The van der Waals surface area contributed by atoms with Crippen LogP contribution in [0.4, 0.5) is 0 Å². The van der Waals surface area contributed by atoms with Gasteiger partial charge in [-0.05, 0) is 34.5 Å². The first-order chi connectivity index (χ1) is 6.13. The summed E-state index contributed by atoms with van der Waals surface area (Å²) in [7, 11) is 6.00. The summed E-state index contributed by atoms with van der Waals surface area (Å²) in [5.74, 6) is 4.32. The molecule has 13 heavy (non-hydrogen) atoms. The zero-order valence-corrected chi connectivity index (χ0v) is 11.7. The molecule has 0 aliphatic carbocycles. The van der Waals surface area contributed by atoms with Gasteiger partial charge >= 0.3 is 0 Å². The van der Waals surface area contributed by atoms with E-state index in [1.165, 1.54) is 24.3 Å². The van der Waals surface area contributed by atoms with Gasteiger partial charge in [0.05, 0.1) is 0 Å². The SMILES string of the molecule is CC(C)CCSSSCCC(C)C. The lowest BCUT2D eigenvalue weighted by molar-refractivity contribution is 0.633. The van der Waals surface area contributed by atoms with Gasteiger partial charge in [-0.1, -0.05) is 49.3 Å². The van der Waals surface area contributed by atoms with E-state index >= 15 is 0 Å². The number of rotatable bonds is 8. The minimum Gasteiger partial charge on any atom is -0.0826 e. The van der Waals surface area contributed by atoms with Crippen LogP contribution in [0.5, 0.6) is 0 Å². The zero-order chi connectivity index (χ0) is 10.1. The smallest absolute Gasteiger partial charge is 0.00475 e. The Morgan fingerprint density at radius 2 is 1.15 bits per heavy atom. The monoisotopic (exact) mass is 238 g/mol. The van der Waals surface area contributed by atoms with Crippen LogP contribution in [0.3, 0.4) is 0 Å². The molecule has 0 aliphatic heterocycles. The highest BCUT2D eigenvalue weighted by atomic mass is 33.5. The molecule has 3 heteroatoms. The minimum atomic E-state index is 0.855. The molecule has 0 amide bonds. The molecule has 0 nitrogen and oxygen atoms in total. The Labute approximate surface area is 95.2 Å². The summed E-state index contributed by atoms with van der Waals surface area (Å²) >= 11 is 0. The fraction of sp³-hybridized carbons (Fsp3) is 1.00. The third-order valence-corrected chi connectivity index (χ3v) is 5.96. The van der Waals surface area contributed by atoms with Crippen molar-refractivity contribution in [1.82, 2.24) is 0 Å². The molecule has 0 rings (SSSR count). The maximum atomic E-state index is 2.29. The second kappa shape index (κ2) is 9.60. The van der Waals surface area contributed by atoms with E-state index in [0.29, 0.717) is 0 Å². The van der Waals surface area contributed by atoms with Crippen LogP contribution >= 0.6 is 31.4 Å². The first-order valence-electron chi connectivity index (χ1n) is 5.04. The summed E-state index contributed by atoms with van der Waals surface area (Å²) in [5, 5.41) is 0. The van der Waals surface area contributed by atoms with Crippen molar-refractivity contribution in [2.45, 2.75) is 40.5 Å². The van der Waals surface area contributed by atoms with Crippen molar-refractivity contribution in [1.29, 1.82) is 0 Å². The zero-order valence-electron chi connectivity index (χ0n) is 9.21. The molecule has 0 bridgehead atoms. The Morgan fingerprint density at radius 3 is 1.46 bits per heavy atom. The molecule has 0 radical (unpaired) electrons. The Balaban J connectivity index is 2.92. The highest BCUT2D eigenvalue weighted by molar-refractivity contribution is 9.09. The first-order valence-corrected chi connectivity index (χ1v) is 8.86. The van der Waals surface area contributed by atoms with Crippen molar-refractivity contribution >= 4 is 31.4 Å². The lowest BCUT2D eigenvalue weighted by atomic mass is 10.2. The largest absolute Gasteiger partial charge is 0.0826 e. The molecular formula is C10H22S3. The fourth-order valence-corrected chi connectivity index (χ4v) is 5.04. The van der Waals surface area contributed by atoms with Crippen molar-refractivity contribution in [3.63, 3.8) is 0 Å². The van der Waals surface area contributed by atoms with Gasteiger partial charge in [0.25, 0.3) is 0 Å². The molecule has 0 aliphatic rings. The van der Waals surface area contributed by atoms with Crippen LogP contribution in [0.1, 0.15) is 40.5 Å². The van der Waals surface area contributed by atoms with Crippen LogP contribution in [0.2, 0.25) is 0 Å². The molecule has 0 spiro atoms. The summed E-state index contributed by atoms with van der Waals surface area (Å²) in [4.78, 5) is 0. The highest BCUT2D eigenvalue weighted by Crippen LogP contribution is 2.36. The first kappa shape index (κ1) is 14.1. The van der Waals surface area contributed by atoms with Crippen LogP contribution in [-0.4, -0.2) is 11.5 Å². The van der Waals surface area contributed by atoms with Crippen molar-refractivity contribution in [3.05, 3.63) is 0 Å². The van der Waals surface area contributed by atoms with Crippen LogP contribution in [0.15, 0.2) is 0 Å². The van der Waals surface area contributed by atoms with Crippen LogP contribution in [0, 0.1) is 11.8 Å². The minimum absolute atomic E-state index is 0.855. The van der Waals surface area contributed by atoms with E-state index in [4.69, 9.17) is 0 Å². The van der Waals surface area contributed by atoms with E-state index in [2.05, 4.69) is 27.7 Å². The molecule has 0 N–H and O–H groups in total. The quantitative estimate of drug-likeness (QED) is 0.426. The van der Waals surface area contributed by atoms with Crippen LogP contribution < -0.4 is 0 Å². The predicted molar refractivity (Wildman–Crippen MR) is 71.4 cm³/mol. The van der Waals surface area contributed by atoms with Crippen LogP contribution in [-0.2, 0) is 0 Å². The molecule has 0 aromatic heterocycles. The van der Waals surface area contributed by atoms with Gasteiger partial charge in [0.1, 0.15) is 0 Å². The van der Waals surface area contributed by atoms with Crippen LogP contribution in [0.25, 0.3) is 0 Å². The lowest BCUT2D eigenvalue weighted by Crippen LogP contribution is -1.88. The standard InChI is InChI=1S/C10H22S3/c1-9(2)5-7-11-13-12-8-6-10(3)4/h9-10H,5-8H2,1-4H3. The van der Waals surface area contributed by atoms with Crippen molar-refractivity contribution in [3.8, 4) is 0 Å². The Morgan fingerprint density at radius 1 is 0.769 bits per heavy atom. The summed E-state index contributed by atoms with van der Waals surface area (Å²) in [6, 6.07) is 0. The molecule has 80 valence electrons. The van der Waals surface area contributed by atoms with Gasteiger partial charge in [-0.3, -0.25) is 0 Å². The van der Waals surface area contributed by atoms with Crippen molar-refractivity contribution < 1.29 is 0 Å². The molecule has 0 atom stereocenters. The van der Waals surface area contributed by atoms with Gasteiger partial charge in [-0.25, -0.2) is 0 Å². The predicted octanol–water partition coefficient (Wildman–Crippen LogP) is 5.11. The van der Waals surface area contributed by atoms with E-state index in [9.17, 15) is 0 Å². The Bertz CT molecular complexity index is 90.3. The maximum Gasteiger partial charge on any atom is 0.00475 e. The molecular weight excluding hydrogens is 216 g/mol. The van der Waals surface area contributed by atoms with Gasteiger partial charge in [0.15, 0.2) is 0 Å². The molecule has 0 saturated heterocycles. The second-order valence-electron chi connectivity index (χ2n) is 4.08. The lowest BCUT2D eigenvalue weighted by Gasteiger charge is -2.04. The molecule has 0 aromatic carbocycles. The third kappa shape index (κ3) is 13.1. The van der Waals surface area contributed by atoms with E-state index in [-0.39, 0.29) is 0 Å². The topological polar surface area (TPSA) is 0 Å². The highest BCUT2D eigenvalue weighted by Gasteiger charge is 1.97. The number of hydrogen-bond acceptors (Lipinski definition) is 3. The molecule has 0 saturated carbocycles. The Hall–Kier alpha value is 1.05. The van der Waals surface area contributed by atoms with Gasteiger partial charge < -0.3 is 0 Å². The summed E-state index contributed by atoms with van der Waals surface area (Å²) < 4.78 is 0. The second-order valence-corrected chi connectivity index (χ2v) is 8.55. The normalized spacial score (nSPS) is 11.5. The molecule has 0 unspecified atom stereocenters. The van der Waals surface area contributed by atoms with Gasteiger partial charge in [0, 0.05) is 11.5 Å². The number of hydrogen-bond donors (Lipinski definition) is 0. The summed E-state index contributed by atoms with van der Waals surface area (Å²) in [6.07, 6.45) is 2.70. The maximum absolute atomic E-state index is 2.29. The van der Waals surface area contributed by atoms with Crippen molar-refractivity contribution in [2.75, 3.05) is 11.5 Å².